The van der Waals surface area contributed by atoms with Gasteiger partial charge < -0.3 is 15.1 Å². The molecule has 2 rings (SSSR count). The second-order valence-electron chi connectivity index (χ2n) is 6.59. The van der Waals surface area contributed by atoms with Crippen molar-refractivity contribution in [2.45, 2.75) is 45.8 Å². The molecule has 1 aliphatic rings. The fourth-order valence-electron chi connectivity index (χ4n) is 3.32. The number of amides is 1. The number of hydrogen-bond donors (Lipinski definition) is 3. The maximum absolute atomic E-state index is 12.5. The molecule has 1 fully saturated rings. The van der Waals surface area contributed by atoms with Gasteiger partial charge in [-0.15, -0.1) is 0 Å². The molecular formula is C16H25N3O5. The van der Waals surface area contributed by atoms with Crippen molar-refractivity contribution in [1.29, 1.82) is 0 Å². The zero-order valence-electron chi connectivity index (χ0n) is 14.1. The van der Waals surface area contributed by atoms with E-state index in [1.165, 1.54) is 10.8 Å². The minimum atomic E-state index is -0.714. The van der Waals surface area contributed by atoms with E-state index in [0.29, 0.717) is 24.9 Å². The lowest BCUT2D eigenvalue weighted by molar-refractivity contribution is -0.143. The third kappa shape index (κ3) is 3.59. The number of piperidine rings is 1. The van der Waals surface area contributed by atoms with Crippen LogP contribution in [-0.4, -0.2) is 56.4 Å². The average Bonchev–Trinajstić information content (AvgIpc) is 2.54. The fourth-order valence-corrected chi connectivity index (χ4v) is 3.32. The number of aromatic nitrogens is 2. The molecule has 0 saturated carbocycles. The first-order valence-corrected chi connectivity index (χ1v) is 8.20. The Morgan fingerprint density at radius 3 is 2.79 bits per heavy atom. The molecule has 0 bridgehead atoms. The molecule has 2 heterocycles. The fraction of sp³-hybridized carbons (Fsp3) is 0.688. The first-order valence-electron chi connectivity index (χ1n) is 8.20. The van der Waals surface area contributed by atoms with E-state index in [-0.39, 0.29) is 25.6 Å². The van der Waals surface area contributed by atoms with Crippen LogP contribution in [0.2, 0.25) is 0 Å². The van der Waals surface area contributed by atoms with Gasteiger partial charge in [-0.3, -0.25) is 19.1 Å². The summed E-state index contributed by atoms with van der Waals surface area (Å²) in [6.45, 7) is 3.79. The third-order valence-corrected chi connectivity index (χ3v) is 4.80. The van der Waals surface area contributed by atoms with Crippen LogP contribution in [0.3, 0.4) is 0 Å². The van der Waals surface area contributed by atoms with Crippen molar-refractivity contribution in [1.82, 2.24) is 14.5 Å². The second-order valence-corrected chi connectivity index (χ2v) is 6.59. The summed E-state index contributed by atoms with van der Waals surface area (Å²) in [5, 5.41) is 20.0. The maximum atomic E-state index is 12.5. The number of rotatable bonds is 5. The molecule has 0 spiro atoms. The van der Waals surface area contributed by atoms with Crippen molar-refractivity contribution in [3.63, 3.8) is 0 Å². The largest absolute Gasteiger partial charge is 0.396 e. The number of aryl methyl sites for hydroxylation is 1. The number of likely N-dealkylation sites (tertiary alicyclic amines) is 1. The highest BCUT2D eigenvalue weighted by Gasteiger charge is 2.42. The van der Waals surface area contributed by atoms with Crippen molar-refractivity contribution < 1.29 is 15.0 Å². The topological polar surface area (TPSA) is 116 Å². The molecule has 8 nitrogen and oxygen atoms in total. The second kappa shape index (κ2) is 7.31. The molecule has 24 heavy (non-hydrogen) atoms. The molecule has 1 aromatic heterocycles. The quantitative estimate of drug-likeness (QED) is 0.651. The summed E-state index contributed by atoms with van der Waals surface area (Å²) in [7, 11) is 0. The van der Waals surface area contributed by atoms with Crippen LogP contribution in [0.5, 0.6) is 0 Å². The molecule has 0 radical (unpaired) electrons. The van der Waals surface area contributed by atoms with Gasteiger partial charge in [-0.2, -0.15) is 0 Å². The monoisotopic (exact) mass is 339 g/mol. The van der Waals surface area contributed by atoms with Crippen LogP contribution in [0.1, 0.15) is 31.7 Å². The summed E-state index contributed by atoms with van der Waals surface area (Å²) in [5.41, 5.74) is -1.45. The van der Waals surface area contributed by atoms with E-state index in [2.05, 4.69) is 4.98 Å². The van der Waals surface area contributed by atoms with E-state index in [1.54, 1.807) is 11.8 Å². The van der Waals surface area contributed by atoms with Gasteiger partial charge in [0.1, 0.15) is 6.54 Å². The molecule has 1 saturated heterocycles. The van der Waals surface area contributed by atoms with Crippen molar-refractivity contribution in [3.8, 4) is 0 Å². The molecule has 3 N–H and O–H groups in total. The van der Waals surface area contributed by atoms with E-state index in [9.17, 15) is 24.6 Å². The Bertz CT molecular complexity index is 710. The van der Waals surface area contributed by atoms with Gasteiger partial charge in [-0.25, -0.2) is 4.79 Å². The smallest absolute Gasteiger partial charge is 0.328 e. The van der Waals surface area contributed by atoms with E-state index < -0.39 is 22.8 Å². The summed E-state index contributed by atoms with van der Waals surface area (Å²) < 4.78 is 1.17. The van der Waals surface area contributed by atoms with Gasteiger partial charge in [0.2, 0.25) is 5.91 Å². The molecule has 134 valence electrons. The zero-order valence-corrected chi connectivity index (χ0v) is 14.1. The van der Waals surface area contributed by atoms with E-state index in [1.807, 2.05) is 6.92 Å². The Labute approximate surface area is 139 Å². The molecule has 1 amide bonds. The lowest BCUT2D eigenvalue weighted by Crippen LogP contribution is -2.56. The Balaban J connectivity index is 2.17. The van der Waals surface area contributed by atoms with Crippen LogP contribution in [0.15, 0.2) is 15.8 Å². The van der Waals surface area contributed by atoms with Gasteiger partial charge in [0.05, 0.1) is 12.7 Å². The molecular weight excluding hydrogens is 314 g/mol. The highest BCUT2D eigenvalue weighted by Crippen LogP contribution is 2.34. The minimum Gasteiger partial charge on any atom is -0.396 e. The SMILES string of the molecule is CCC[C@@]1(CO)CN(C(=O)Cn2cc(C)c(=O)[nH]c2=O)CC[C@@H]1O. The molecule has 0 aromatic carbocycles. The predicted octanol–water partition coefficient (Wildman–Crippen LogP) is -0.783. The van der Waals surface area contributed by atoms with Gasteiger partial charge in [0.25, 0.3) is 5.56 Å². The third-order valence-electron chi connectivity index (χ3n) is 4.80. The van der Waals surface area contributed by atoms with Crippen molar-refractivity contribution in [3.05, 3.63) is 32.6 Å². The van der Waals surface area contributed by atoms with Gasteiger partial charge in [-0.05, 0) is 19.8 Å². The van der Waals surface area contributed by atoms with E-state index >= 15 is 0 Å². The zero-order chi connectivity index (χ0) is 17.9. The number of H-pyrrole nitrogens is 1. The summed E-state index contributed by atoms with van der Waals surface area (Å²) in [4.78, 5) is 39.5. The van der Waals surface area contributed by atoms with Gasteiger partial charge in [0.15, 0.2) is 0 Å². The van der Waals surface area contributed by atoms with Crippen LogP contribution >= 0.6 is 0 Å². The minimum absolute atomic E-state index is 0.180. The number of aliphatic hydroxyl groups is 2. The number of nitrogens with zero attached hydrogens (tertiary/aromatic N) is 2. The Kier molecular flexibility index (Phi) is 5.61. The van der Waals surface area contributed by atoms with Crippen molar-refractivity contribution in [2.75, 3.05) is 19.7 Å². The predicted molar refractivity (Wildman–Crippen MR) is 87.7 cm³/mol. The number of nitrogens with one attached hydrogen (secondary N) is 1. The normalized spacial score (nSPS) is 24.2. The standard InChI is InChI=1S/C16H25N3O5/c1-3-5-16(10-20)9-18(6-4-12(16)21)13(22)8-19-7-11(2)14(23)17-15(19)24/h7,12,20-21H,3-6,8-10H2,1-2H3,(H,17,23,24)/t12-,16-/m0/s1. The Hall–Kier alpha value is -1.93. The molecule has 0 unspecified atom stereocenters. The average molecular weight is 339 g/mol. The first-order chi connectivity index (χ1) is 11.3. The highest BCUT2D eigenvalue weighted by molar-refractivity contribution is 5.76. The highest BCUT2D eigenvalue weighted by atomic mass is 16.3. The van der Waals surface area contributed by atoms with Crippen LogP contribution < -0.4 is 11.2 Å². The molecule has 1 aromatic rings. The number of carbonyl (C=O) groups excluding carboxylic acids is 1. The lowest BCUT2D eigenvalue weighted by Gasteiger charge is -2.45. The Morgan fingerprint density at radius 2 is 2.17 bits per heavy atom. The molecule has 0 aliphatic carbocycles. The van der Waals surface area contributed by atoms with Gasteiger partial charge in [0, 0.05) is 30.3 Å². The molecule has 1 aliphatic heterocycles. The maximum Gasteiger partial charge on any atom is 0.328 e. The van der Waals surface area contributed by atoms with E-state index in [0.717, 1.165) is 6.42 Å². The number of aliphatic hydroxyl groups excluding tert-OH is 2. The van der Waals surface area contributed by atoms with Crippen LogP contribution in [0, 0.1) is 12.3 Å². The Morgan fingerprint density at radius 1 is 1.46 bits per heavy atom. The molecule has 8 heteroatoms. The summed E-state index contributed by atoms with van der Waals surface area (Å²) >= 11 is 0. The van der Waals surface area contributed by atoms with Crippen LogP contribution in [-0.2, 0) is 11.3 Å². The number of carbonyl (C=O) groups is 1. The summed E-state index contributed by atoms with van der Waals surface area (Å²) in [5.74, 6) is -0.274. The number of aromatic amines is 1. The summed E-state index contributed by atoms with van der Waals surface area (Å²) in [6.07, 6.45) is 2.52. The van der Waals surface area contributed by atoms with Gasteiger partial charge in [-0.1, -0.05) is 13.3 Å². The van der Waals surface area contributed by atoms with Crippen molar-refractivity contribution >= 4 is 5.91 Å². The van der Waals surface area contributed by atoms with Crippen molar-refractivity contribution in [2.24, 2.45) is 5.41 Å². The van der Waals surface area contributed by atoms with Gasteiger partial charge >= 0.3 is 5.69 Å². The number of hydrogen-bond acceptors (Lipinski definition) is 5. The van der Waals surface area contributed by atoms with Crippen LogP contribution in [0.4, 0.5) is 0 Å². The summed E-state index contributed by atoms with van der Waals surface area (Å²) in [6, 6.07) is 0. The lowest BCUT2D eigenvalue weighted by atomic mass is 9.74. The van der Waals surface area contributed by atoms with Crippen LogP contribution in [0.25, 0.3) is 0 Å². The van der Waals surface area contributed by atoms with E-state index in [4.69, 9.17) is 0 Å². The molecule has 2 atom stereocenters. The first kappa shape index (κ1) is 18.4.